The Balaban J connectivity index is 0.000000686. The molecule has 98 valence electrons. The molecule has 2 unspecified atom stereocenters. The molecule has 0 aromatic rings. The first kappa shape index (κ1) is 14.3. The Morgan fingerprint density at radius 1 is 1.06 bits per heavy atom. The van der Waals surface area contributed by atoms with Crippen molar-refractivity contribution >= 4 is 5.78 Å². The molecule has 0 aliphatic heterocycles. The average molecular weight is 248 g/mol. The van der Waals surface area contributed by atoms with Gasteiger partial charge in [-0.05, 0) is 25.7 Å². The molecule has 2 atom stereocenters. The third kappa shape index (κ3) is 3.86. The van der Waals surface area contributed by atoms with E-state index in [2.05, 4.69) is 0 Å². The molecule has 0 N–H and O–H groups in total. The van der Waals surface area contributed by atoms with Crippen molar-refractivity contribution in [2.45, 2.75) is 45.7 Å². The second-order valence-electron chi connectivity index (χ2n) is 4.39. The quantitative estimate of drug-likeness (QED) is 0.671. The van der Waals surface area contributed by atoms with Crippen molar-refractivity contribution in [3.63, 3.8) is 0 Å². The number of rotatable bonds is 2. The van der Waals surface area contributed by atoms with Crippen LogP contribution in [0.1, 0.15) is 39.5 Å². The maximum absolute atomic E-state index is 12.3. The second-order valence-corrected chi connectivity index (χ2v) is 4.39. The summed E-state index contributed by atoms with van der Waals surface area (Å²) in [7, 11) is 0. The molecule has 0 radical (unpaired) electrons. The fourth-order valence-electron chi connectivity index (χ4n) is 2.00. The Hall–Kier alpha value is -0.800. The highest BCUT2D eigenvalue weighted by molar-refractivity contribution is 5.87. The molecule has 1 saturated carbocycles. The van der Waals surface area contributed by atoms with Gasteiger partial charge in [-0.2, -0.15) is 13.2 Å². The summed E-state index contributed by atoms with van der Waals surface area (Å²) in [5, 5.41) is 0. The predicted molar refractivity (Wildman–Crippen MR) is 60.5 cm³/mol. The van der Waals surface area contributed by atoms with Crippen molar-refractivity contribution in [3.8, 4) is 0 Å². The maximum Gasteiger partial charge on any atom is 0.395 e. The van der Waals surface area contributed by atoms with Crippen LogP contribution in [0.25, 0.3) is 0 Å². The third-order valence-electron chi connectivity index (χ3n) is 3.13. The minimum absolute atomic E-state index is 0.0587. The summed E-state index contributed by atoms with van der Waals surface area (Å²) in [6.07, 6.45) is 0.734. The Labute approximate surface area is 100 Å². The number of alkyl halides is 3. The van der Waals surface area contributed by atoms with Gasteiger partial charge in [-0.3, -0.25) is 4.79 Å². The number of hydrogen-bond donors (Lipinski definition) is 0. The molecule has 0 aromatic heterocycles. The smallest absolute Gasteiger partial charge is 0.299 e. The number of hydrogen-bond acceptors (Lipinski definition) is 1. The van der Waals surface area contributed by atoms with E-state index in [0.29, 0.717) is 6.42 Å². The van der Waals surface area contributed by atoms with Crippen molar-refractivity contribution in [2.75, 3.05) is 0 Å². The van der Waals surface area contributed by atoms with Gasteiger partial charge in [0.1, 0.15) is 5.78 Å². The zero-order valence-corrected chi connectivity index (χ0v) is 10.3. The molecule has 0 aromatic carbocycles. The fourth-order valence-corrected chi connectivity index (χ4v) is 2.00. The van der Waals surface area contributed by atoms with Crippen molar-refractivity contribution in [1.82, 2.24) is 0 Å². The molecule has 4 heteroatoms. The average Bonchev–Trinajstić information content (AvgIpc) is 3.14. The van der Waals surface area contributed by atoms with Crippen LogP contribution in [-0.2, 0) is 4.79 Å². The monoisotopic (exact) mass is 248 g/mol. The van der Waals surface area contributed by atoms with E-state index in [4.69, 9.17) is 0 Å². The lowest BCUT2D eigenvalue weighted by Gasteiger charge is -2.23. The van der Waals surface area contributed by atoms with Gasteiger partial charge >= 0.3 is 6.18 Å². The summed E-state index contributed by atoms with van der Waals surface area (Å²) < 4.78 is 36.9. The minimum atomic E-state index is -4.15. The lowest BCUT2D eigenvalue weighted by atomic mass is 9.84. The van der Waals surface area contributed by atoms with E-state index in [1.807, 2.05) is 13.8 Å². The van der Waals surface area contributed by atoms with E-state index >= 15 is 0 Å². The van der Waals surface area contributed by atoms with Crippen LogP contribution in [0.4, 0.5) is 13.2 Å². The van der Waals surface area contributed by atoms with Gasteiger partial charge in [0.05, 0.1) is 5.92 Å². The van der Waals surface area contributed by atoms with Crippen molar-refractivity contribution in [1.29, 1.82) is 0 Å². The molecule has 0 amide bonds. The van der Waals surface area contributed by atoms with Crippen LogP contribution in [0.5, 0.6) is 0 Å². The van der Waals surface area contributed by atoms with Crippen LogP contribution in [0.3, 0.4) is 0 Å². The van der Waals surface area contributed by atoms with Gasteiger partial charge in [0, 0.05) is 11.8 Å². The molecule has 2 rings (SSSR count). The van der Waals surface area contributed by atoms with Gasteiger partial charge < -0.3 is 0 Å². The molecule has 1 fully saturated rings. The SMILES string of the molecule is CC.O=C(C1C=CC(C(F)(F)F)CC1)C1CC1. The highest BCUT2D eigenvalue weighted by atomic mass is 19.4. The topological polar surface area (TPSA) is 17.1 Å². The Bertz CT molecular complexity index is 290. The number of Topliss-reactive ketones (excluding diaryl/α,β-unsaturated/α-hetero) is 1. The summed E-state index contributed by atoms with van der Waals surface area (Å²) in [4.78, 5) is 11.6. The van der Waals surface area contributed by atoms with Gasteiger partial charge in [0.15, 0.2) is 0 Å². The second kappa shape index (κ2) is 5.69. The Morgan fingerprint density at radius 3 is 2.00 bits per heavy atom. The minimum Gasteiger partial charge on any atom is -0.299 e. The van der Waals surface area contributed by atoms with E-state index in [0.717, 1.165) is 18.9 Å². The molecule has 2 aliphatic rings. The van der Waals surface area contributed by atoms with Crippen LogP contribution in [0, 0.1) is 17.8 Å². The highest BCUT2D eigenvalue weighted by Gasteiger charge is 2.41. The number of carbonyl (C=O) groups excluding carboxylic acids is 1. The van der Waals surface area contributed by atoms with E-state index in [-0.39, 0.29) is 24.0 Å². The first-order chi connectivity index (χ1) is 7.98. The van der Waals surface area contributed by atoms with Crippen LogP contribution < -0.4 is 0 Å². The summed E-state index contributed by atoms with van der Waals surface area (Å²) in [6.45, 7) is 4.00. The summed E-state index contributed by atoms with van der Waals surface area (Å²) in [5.74, 6) is -1.31. The van der Waals surface area contributed by atoms with Gasteiger partial charge in [-0.1, -0.05) is 26.0 Å². The van der Waals surface area contributed by atoms with Crippen molar-refractivity contribution in [2.24, 2.45) is 17.8 Å². The van der Waals surface area contributed by atoms with Crippen LogP contribution >= 0.6 is 0 Å². The lowest BCUT2D eigenvalue weighted by molar-refractivity contribution is -0.165. The highest BCUT2D eigenvalue weighted by Crippen LogP contribution is 2.39. The molecular formula is C13H19F3O. The summed E-state index contributed by atoms with van der Waals surface area (Å²) >= 11 is 0. The molecule has 0 bridgehead atoms. The molecule has 2 aliphatic carbocycles. The van der Waals surface area contributed by atoms with Gasteiger partial charge in [0.25, 0.3) is 0 Å². The maximum atomic E-state index is 12.3. The third-order valence-corrected chi connectivity index (χ3v) is 3.13. The molecule has 17 heavy (non-hydrogen) atoms. The molecule has 0 heterocycles. The lowest BCUT2D eigenvalue weighted by Crippen LogP contribution is -2.27. The van der Waals surface area contributed by atoms with Gasteiger partial charge in [-0.25, -0.2) is 0 Å². The number of allylic oxidation sites excluding steroid dienone is 2. The normalized spacial score (nSPS) is 28.3. The van der Waals surface area contributed by atoms with E-state index < -0.39 is 12.1 Å². The molecule has 1 nitrogen and oxygen atoms in total. The largest absolute Gasteiger partial charge is 0.395 e. The Morgan fingerprint density at radius 2 is 1.65 bits per heavy atom. The van der Waals surface area contributed by atoms with E-state index in [1.54, 1.807) is 0 Å². The number of halogens is 3. The van der Waals surface area contributed by atoms with Crippen LogP contribution in [-0.4, -0.2) is 12.0 Å². The molecule has 0 spiro atoms. The zero-order valence-electron chi connectivity index (χ0n) is 10.3. The van der Waals surface area contributed by atoms with E-state index in [1.165, 1.54) is 6.08 Å². The molecular weight excluding hydrogens is 229 g/mol. The van der Waals surface area contributed by atoms with Crippen molar-refractivity contribution in [3.05, 3.63) is 12.2 Å². The van der Waals surface area contributed by atoms with Crippen LogP contribution in [0.15, 0.2) is 12.2 Å². The van der Waals surface area contributed by atoms with Gasteiger partial charge in [0.2, 0.25) is 0 Å². The fraction of sp³-hybridized carbons (Fsp3) is 0.769. The summed E-state index contributed by atoms with van der Waals surface area (Å²) in [6, 6.07) is 0. The first-order valence-corrected chi connectivity index (χ1v) is 6.27. The van der Waals surface area contributed by atoms with Crippen molar-refractivity contribution < 1.29 is 18.0 Å². The zero-order chi connectivity index (χ0) is 13.1. The standard InChI is InChI=1S/C11H13F3O.C2H6/c12-11(13,14)9-5-3-8(4-6-9)10(15)7-1-2-7;1-2/h3,5,7-9H,1-2,4,6H2;1-2H3. The predicted octanol–water partition coefficient (Wildman–Crippen LogP) is 4.14. The van der Waals surface area contributed by atoms with Gasteiger partial charge in [-0.15, -0.1) is 0 Å². The van der Waals surface area contributed by atoms with E-state index in [9.17, 15) is 18.0 Å². The first-order valence-electron chi connectivity index (χ1n) is 6.27. The van der Waals surface area contributed by atoms with Crippen LogP contribution in [0.2, 0.25) is 0 Å². The number of ketones is 1. The Kier molecular flexibility index (Phi) is 4.78. The summed E-state index contributed by atoms with van der Waals surface area (Å²) in [5.41, 5.74) is 0. The number of carbonyl (C=O) groups is 1. The molecule has 0 saturated heterocycles.